The summed E-state index contributed by atoms with van der Waals surface area (Å²) in [6.45, 7) is 6.84. The van der Waals surface area contributed by atoms with Crippen molar-refractivity contribution in [2.75, 3.05) is 51.7 Å². The molecule has 1 aliphatic carbocycles. The fourth-order valence-corrected chi connectivity index (χ4v) is 9.22. The van der Waals surface area contributed by atoms with Crippen LogP contribution in [0.2, 0.25) is 0 Å². The van der Waals surface area contributed by atoms with Crippen LogP contribution in [0.3, 0.4) is 0 Å². The molecule has 0 spiro atoms. The molecule has 0 aromatic heterocycles. The summed E-state index contributed by atoms with van der Waals surface area (Å²) in [6.07, 6.45) is 5.99. The number of piperidine rings is 1. The monoisotopic (exact) mass is 646 g/mol. The number of amides is 1. The van der Waals surface area contributed by atoms with Crippen LogP contribution in [0.25, 0.3) is 0 Å². The van der Waals surface area contributed by atoms with Gasteiger partial charge in [-0.25, -0.2) is 13.2 Å². The molecule has 2 aliphatic heterocycles. The highest BCUT2D eigenvalue weighted by atomic mass is 32.2. The summed E-state index contributed by atoms with van der Waals surface area (Å²) in [4.78, 5) is 21.0. The summed E-state index contributed by atoms with van der Waals surface area (Å²) in [5.41, 5.74) is 6.94. The number of nitrogens with one attached hydrogen (secondary N) is 1. The molecule has 3 aliphatic rings. The highest BCUT2D eigenvalue weighted by molar-refractivity contribution is 7.96. The predicted molar refractivity (Wildman–Crippen MR) is 180 cm³/mol. The van der Waals surface area contributed by atoms with Crippen LogP contribution < -0.4 is 16.0 Å². The number of likely N-dealkylation sites (tertiary alicyclic amines) is 1. The molecule has 1 amide bonds. The smallest absolute Gasteiger partial charge is 0.407 e. The van der Waals surface area contributed by atoms with E-state index in [2.05, 4.69) is 45.2 Å². The minimum Gasteiger partial charge on any atom is -0.446 e. The van der Waals surface area contributed by atoms with Crippen LogP contribution in [0.5, 0.6) is 0 Å². The number of sulfone groups is 1. The van der Waals surface area contributed by atoms with Gasteiger partial charge in [-0.2, -0.15) is 5.26 Å². The van der Waals surface area contributed by atoms with Crippen molar-refractivity contribution in [1.29, 1.82) is 5.26 Å². The van der Waals surface area contributed by atoms with Crippen LogP contribution >= 0.6 is 0 Å². The summed E-state index contributed by atoms with van der Waals surface area (Å²) in [6, 6.07) is 19.9. The number of nitrogens with two attached hydrogens (primary N) is 1. The lowest BCUT2D eigenvalue weighted by Gasteiger charge is -2.53. The highest BCUT2D eigenvalue weighted by Gasteiger charge is 2.53. The molecule has 2 saturated heterocycles. The quantitative estimate of drug-likeness (QED) is 0.360. The van der Waals surface area contributed by atoms with Gasteiger partial charge in [0.1, 0.15) is 11.0 Å². The summed E-state index contributed by atoms with van der Waals surface area (Å²) in [5.74, 6) is 0.110. The van der Waals surface area contributed by atoms with Gasteiger partial charge < -0.3 is 25.6 Å². The number of nitrogens with zero attached hydrogens (tertiary/aromatic N) is 4. The highest BCUT2D eigenvalue weighted by Crippen LogP contribution is 2.51. The van der Waals surface area contributed by atoms with Crippen molar-refractivity contribution in [1.82, 2.24) is 10.2 Å². The minimum absolute atomic E-state index is 0.0286. The second-order valence-corrected chi connectivity index (χ2v) is 15.2. The molecule has 3 fully saturated rings. The van der Waals surface area contributed by atoms with Crippen LogP contribution in [0.4, 0.5) is 10.5 Å². The van der Waals surface area contributed by atoms with Crippen LogP contribution in [0.15, 0.2) is 75.6 Å². The molecule has 1 saturated carbocycles. The topological polar surface area (TPSA) is 141 Å². The number of benzene rings is 2. The number of alkyl carbamates (subject to hydrolysis) is 1. The Hall–Kier alpha value is -3.88. The van der Waals surface area contributed by atoms with E-state index in [4.69, 9.17) is 10.5 Å². The van der Waals surface area contributed by atoms with Crippen molar-refractivity contribution in [3.05, 3.63) is 71.3 Å². The maximum Gasteiger partial charge on any atom is 0.407 e. The van der Waals surface area contributed by atoms with Crippen LogP contribution in [0.1, 0.15) is 44.6 Å². The van der Waals surface area contributed by atoms with E-state index < -0.39 is 21.3 Å². The first kappa shape index (κ1) is 33.5. The first-order valence-corrected chi connectivity index (χ1v) is 17.6. The zero-order valence-electron chi connectivity index (χ0n) is 27.1. The van der Waals surface area contributed by atoms with Crippen molar-refractivity contribution >= 4 is 27.8 Å². The summed E-state index contributed by atoms with van der Waals surface area (Å²) >= 11 is 0. The van der Waals surface area contributed by atoms with Gasteiger partial charge in [-0.05, 0) is 80.9 Å². The Morgan fingerprint density at radius 1 is 1.13 bits per heavy atom. The van der Waals surface area contributed by atoms with Gasteiger partial charge in [-0.1, -0.05) is 37.3 Å². The van der Waals surface area contributed by atoms with Gasteiger partial charge in [-0.3, -0.25) is 4.99 Å². The molecule has 3 atom stereocenters. The Balaban J connectivity index is 1.23. The van der Waals surface area contributed by atoms with Gasteiger partial charge in [0, 0.05) is 63.2 Å². The Morgan fingerprint density at radius 3 is 2.39 bits per heavy atom. The van der Waals surface area contributed by atoms with E-state index in [-0.39, 0.29) is 33.2 Å². The third-order valence-electron chi connectivity index (χ3n) is 10.2. The molecule has 2 heterocycles. The number of ether oxygens (including phenoxy) is 1. The summed E-state index contributed by atoms with van der Waals surface area (Å²) in [5, 5.41) is 13.5. The second kappa shape index (κ2) is 13.9. The third-order valence-corrected chi connectivity index (χ3v) is 11.9. The number of nitriles is 1. The number of hydrogen-bond acceptors (Lipinski definition) is 9. The van der Waals surface area contributed by atoms with Crippen molar-refractivity contribution in [2.24, 2.45) is 28.0 Å². The van der Waals surface area contributed by atoms with Gasteiger partial charge in [0.25, 0.3) is 0 Å². The molecular formula is C35H46N6O4S. The molecule has 0 radical (unpaired) electrons. The minimum atomic E-state index is -3.72. The second-order valence-electron chi connectivity index (χ2n) is 13.2. The molecule has 2 aromatic carbocycles. The largest absolute Gasteiger partial charge is 0.446 e. The van der Waals surface area contributed by atoms with Gasteiger partial charge in [0.05, 0.1) is 16.4 Å². The van der Waals surface area contributed by atoms with Gasteiger partial charge in [0.15, 0.2) is 0 Å². The van der Waals surface area contributed by atoms with E-state index in [0.717, 1.165) is 82.3 Å². The Bertz CT molecular complexity index is 1570. The molecule has 2 aromatic rings. The molecule has 3 N–H and O–H groups in total. The number of allylic oxidation sites excluding steroid dienone is 1. The molecule has 246 valence electrons. The average molecular weight is 647 g/mol. The average Bonchev–Trinajstić information content (AvgIpc) is 3.52. The van der Waals surface area contributed by atoms with E-state index >= 15 is 0 Å². The van der Waals surface area contributed by atoms with Crippen molar-refractivity contribution in [2.45, 2.75) is 55.4 Å². The normalized spacial score (nSPS) is 23.8. The molecule has 5 rings (SSSR count). The van der Waals surface area contributed by atoms with Crippen LogP contribution in [-0.4, -0.2) is 78.5 Å². The van der Waals surface area contributed by atoms with Crippen LogP contribution in [0, 0.1) is 28.6 Å². The fraction of sp³-hybridized carbons (Fsp3) is 0.514. The zero-order chi connectivity index (χ0) is 33.0. The van der Waals surface area contributed by atoms with E-state index in [1.165, 1.54) is 13.3 Å². The van der Waals surface area contributed by atoms with Crippen LogP contribution in [-0.2, 0) is 20.0 Å². The predicted octanol–water partition coefficient (Wildman–Crippen LogP) is 4.49. The number of carbonyl (C=O) groups is 1. The number of rotatable bonds is 10. The molecule has 0 bridgehead atoms. The number of carbonyl (C=O) groups excluding carboxylic acids is 1. The maximum absolute atomic E-state index is 12.9. The Labute approximate surface area is 273 Å². The lowest BCUT2D eigenvalue weighted by atomic mass is 9.59. The lowest BCUT2D eigenvalue weighted by molar-refractivity contribution is 0.0262. The first-order valence-electron chi connectivity index (χ1n) is 16.1. The molecule has 11 heteroatoms. The standard InChI is InChI=1S/C35H46N6O4S/c1-34(24-41(25-34)28-12-14-29(15-13-28)46(43,44)30(20-36)21-38-2)23-40-18-16-27(17-19-40)35(22-37,26-8-5-4-6-9-26)31-10-7-11-32(31)45-33(42)39-3/h4-6,8-9,12-15,20-21,27,31-32H,7,10-11,16-19,23-25,36H2,1-3H3,(H,39,42)/t31-,32-,35?/m1/s1. The van der Waals surface area contributed by atoms with Gasteiger partial charge >= 0.3 is 6.09 Å². The molecule has 1 unspecified atom stereocenters. The van der Waals surface area contributed by atoms with Crippen molar-refractivity contribution in [3.63, 3.8) is 0 Å². The number of aliphatic imine (C=N–C) groups is 1. The van der Waals surface area contributed by atoms with E-state index in [1.807, 2.05) is 30.3 Å². The van der Waals surface area contributed by atoms with E-state index in [1.54, 1.807) is 19.2 Å². The third kappa shape index (κ3) is 6.51. The maximum atomic E-state index is 12.9. The SMILES string of the molecule is CN=CC(=CN)S(=O)(=O)c1ccc(N2CC(C)(CN3CCC(C(C#N)(c4ccccc4)[C@@H]4CCC[C@H]4OC(=O)NC)CC3)C2)cc1. The van der Waals surface area contributed by atoms with Gasteiger partial charge in [-0.15, -0.1) is 0 Å². The molecular weight excluding hydrogens is 600 g/mol. The first-order chi connectivity index (χ1) is 22.1. The summed E-state index contributed by atoms with van der Waals surface area (Å²) < 4.78 is 31.6. The number of hydrogen-bond donors (Lipinski definition) is 2. The molecule has 10 nitrogen and oxygen atoms in total. The summed E-state index contributed by atoms with van der Waals surface area (Å²) in [7, 11) is -0.641. The lowest BCUT2D eigenvalue weighted by Crippen LogP contribution is -2.60. The Morgan fingerprint density at radius 2 is 1.80 bits per heavy atom. The van der Waals surface area contributed by atoms with Gasteiger partial charge in [0.2, 0.25) is 9.84 Å². The Kier molecular flexibility index (Phi) is 10.1. The van der Waals surface area contributed by atoms with E-state index in [9.17, 15) is 18.5 Å². The zero-order valence-corrected chi connectivity index (χ0v) is 27.9. The van der Waals surface area contributed by atoms with Crippen molar-refractivity contribution in [3.8, 4) is 6.07 Å². The van der Waals surface area contributed by atoms with E-state index in [0.29, 0.717) is 0 Å². The van der Waals surface area contributed by atoms with Crippen molar-refractivity contribution < 1.29 is 17.9 Å². The number of anilines is 1. The fourth-order valence-electron chi connectivity index (χ4n) is 8.04. The molecule has 46 heavy (non-hydrogen) atoms.